The van der Waals surface area contributed by atoms with Gasteiger partial charge in [-0.3, -0.25) is 0 Å². The maximum atomic E-state index is 11.2. The van der Waals surface area contributed by atoms with Crippen molar-refractivity contribution in [2.45, 2.75) is 57.0 Å². The Morgan fingerprint density at radius 3 is 2.81 bits per heavy atom. The van der Waals surface area contributed by atoms with Crippen LogP contribution in [0.2, 0.25) is 0 Å². The van der Waals surface area contributed by atoms with Gasteiger partial charge < -0.3 is 9.29 Å². The van der Waals surface area contributed by atoms with E-state index in [1.165, 1.54) is 5.56 Å². The zero-order valence-corrected chi connectivity index (χ0v) is 16.0. The fraction of sp³-hybridized carbons (Fsp3) is 0.600. The Kier molecular flexibility index (Phi) is 4.03. The summed E-state index contributed by atoms with van der Waals surface area (Å²) in [7, 11) is -4.02. The second-order valence-electron chi connectivity index (χ2n) is 8.64. The van der Waals surface area contributed by atoms with Gasteiger partial charge in [-0.2, -0.15) is 13.6 Å². The normalized spacial score (nSPS) is 38.8. The summed E-state index contributed by atoms with van der Waals surface area (Å²) in [4.78, 5) is 0. The lowest BCUT2D eigenvalue weighted by Gasteiger charge is -2.55. The number of aliphatic hydroxyl groups is 1. The van der Waals surface area contributed by atoms with Crippen LogP contribution in [0, 0.1) is 17.3 Å². The quantitative estimate of drug-likeness (QED) is 0.793. The lowest BCUT2D eigenvalue weighted by atomic mass is 9.49. The van der Waals surface area contributed by atoms with E-state index in [1.807, 2.05) is 6.07 Å². The van der Waals surface area contributed by atoms with Crippen molar-refractivity contribution < 1.29 is 17.7 Å². The molecule has 1 aromatic carbocycles. The largest absolute Gasteiger partial charge is 0.393 e. The van der Waals surface area contributed by atoms with Gasteiger partial charge in [-0.15, -0.1) is 6.58 Å². The zero-order chi connectivity index (χ0) is 18.7. The highest BCUT2D eigenvalue weighted by Gasteiger charge is 2.57. The lowest BCUT2D eigenvalue weighted by molar-refractivity contribution is 0.0277. The van der Waals surface area contributed by atoms with Gasteiger partial charge in [0.15, 0.2) is 0 Å². The maximum absolute atomic E-state index is 11.2. The van der Waals surface area contributed by atoms with Crippen LogP contribution in [0.3, 0.4) is 0 Å². The number of fused-ring (bicyclic) bond motifs is 5. The van der Waals surface area contributed by atoms with E-state index in [4.69, 9.17) is 9.32 Å². The molecule has 26 heavy (non-hydrogen) atoms. The Labute approximate surface area is 155 Å². The van der Waals surface area contributed by atoms with Crippen molar-refractivity contribution in [1.29, 1.82) is 0 Å². The molecule has 3 N–H and O–H groups in total. The predicted molar refractivity (Wildman–Crippen MR) is 99.9 cm³/mol. The van der Waals surface area contributed by atoms with E-state index in [9.17, 15) is 13.5 Å². The van der Waals surface area contributed by atoms with E-state index in [2.05, 4.69) is 19.6 Å². The van der Waals surface area contributed by atoms with Crippen LogP contribution in [0.15, 0.2) is 30.9 Å². The van der Waals surface area contributed by atoms with Crippen molar-refractivity contribution in [3.63, 3.8) is 0 Å². The molecule has 3 aliphatic carbocycles. The van der Waals surface area contributed by atoms with Crippen molar-refractivity contribution >= 4 is 10.3 Å². The number of allylic oxidation sites excluding steroid dienone is 1. The number of aliphatic hydroxyl groups excluding tert-OH is 1. The maximum Gasteiger partial charge on any atom is 0.380 e. The molecule has 3 aliphatic rings. The van der Waals surface area contributed by atoms with Gasteiger partial charge in [-0.1, -0.05) is 19.1 Å². The van der Waals surface area contributed by atoms with Crippen LogP contribution in [-0.4, -0.2) is 19.6 Å². The molecule has 2 saturated carbocycles. The van der Waals surface area contributed by atoms with Crippen molar-refractivity contribution in [1.82, 2.24) is 0 Å². The van der Waals surface area contributed by atoms with E-state index in [0.29, 0.717) is 11.8 Å². The molecule has 2 unspecified atom stereocenters. The molecule has 0 bridgehead atoms. The molecule has 6 heteroatoms. The monoisotopic (exact) mass is 377 g/mol. The Hall–Kier alpha value is -1.37. The third kappa shape index (κ3) is 2.70. The standard InChI is InChI=1S/C20H27NO4S/c1-3-20-9-8-19(2)12-14(22)11-18(19)17(20)6-4-13-10-15(5-7-16(13)20)25-26(21,23)24/h3,5,7,10,14,17-18,22H,1,4,6,8-9,11-12H2,2H3,(H2,21,23,24)/t14-,17?,18?,19-,20-/m1/s1. The fourth-order valence-corrected chi connectivity index (χ4v) is 6.58. The van der Waals surface area contributed by atoms with Crippen molar-refractivity contribution in [2.75, 3.05) is 0 Å². The molecule has 0 spiro atoms. The van der Waals surface area contributed by atoms with E-state index in [0.717, 1.165) is 44.1 Å². The molecule has 0 radical (unpaired) electrons. The molecular weight excluding hydrogens is 350 g/mol. The highest BCUT2D eigenvalue weighted by Crippen LogP contribution is 2.63. The summed E-state index contributed by atoms with van der Waals surface area (Å²) >= 11 is 0. The van der Waals surface area contributed by atoms with Gasteiger partial charge in [0.05, 0.1) is 6.10 Å². The molecule has 2 fully saturated rings. The third-order valence-corrected chi connectivity index (χ3v) is 7.68. The summed E-state index contributed by atoms with van der Waals surface area (Å²) in [6, 6.07) is 5.48. The highest BCUT2D eigenvalue weighted by molar-refractivity contribution is 7.84. The molecule has 142 valence electrons. The molecule has 0 amide bonds. The van der Waals surface area contributed by atoms with Crippen LogP contribution in [0.4, 0.5) is 0 Å². The first-order chi connectivity index (χ1) is 12.2. The molecule has 0 saturated heterocycles. The Balaban J connectivity index is 1.75. The van der Waals surface area contributed by atoms with Gasteiger partial charge in [0.2, 0.25) is 0 Å². The van der Waals surface area contributed by atoms with Crippen LogP contribution in [0.25, 0.3) is 0 Å². The van der Waals surface area contributed by atoms with Crippen LogP contribution < -0.4 is 9.32 Å². The van der Waals surface area contributed by atoms with E-state index in [1.54, 1.807) is 12.1 Å². The zero-order valence-electron chi connectivity index (χ0n) is 15.1. The lowest BCUT2D eigenvalue weighted by Crippen LogP contribution is -2.49. The minimum Gasteiger partial charge on any atom is -0.393 e. The SMILES string of the molecule is C=C[C@]12CC[C@]3(C)C[C@H](O)CC3C1CCc1cc(OS(N)(=O)=O)ccc12. The molecule has 5 nitrogen and oxygen atoms in total. The van der Waals surface area contributed by atoms with Crippen molar-refractivity contribution in [3.8, 4) is 5.75 Å². The van der Waals surface area contributed by atoms with Crippen LogP contribution in [0.5, 0.6) is 5.75 Å². The first-order valence-electron chi connectivity index (χ1n) is 9.34. The van der Waals surface area contributed by atoms with Crippen molar-refractivity contribution in [2.24, 2.45) is 22.4 Å². The van der Waals surface area contributed by atoms with Gasteiger partial charge in [-0.05, 0) is 79.0 Å². The second kappa shape index (κ2) is 5.81. The Morgan fingerprint density at radius 2 is 2.12 bits per heavy atom. The molecular formula is C20H27NO4S. The average molecular weight is 378 g/mol. The minimum absolute atomic E-state index is 0.109. The number of rotatable bonds is 3. The molecule has 1 aromatic rings. The molecule has 0 heterocycles. The van der Waals surface area contributed by atoms with Crippen LogP contribution in [-0.2, 0) is 22.1 Å². The topological polar surface area (TPSA) is 89.6 Å². The van der Waals surface area contributed by atoms with E-state index < -0.39 is 10.3 Å². The molecule has 5 atom stereocenters. The van der Waals surface area contributed by atoms with Crippen LogP contribution in [0.1, 0.15) is 50.2 Å². The Bertz CT molecular complexity index is 851. The highest BCUT2D eigenvalue weighted by atomic mass is 32.2. The average Bonchev–Trinajstić information content (AvgIpc) is 2.86. The van der Waals surface area contributed by atoms with Gasteiger partial charge in [0, 0.05) is 5.41 Å². The summed E-state index contributed by atoms with van der Waals surface area (Å²) in [5.41, 5.74) is 2.45. The summed E-state index contributed by atoms with van der Waals surface area (Å²) in [6.07, 6.45) is 7.66. The number of benzene rings is 1. The van der Waals surface area contributed by atoms with E-state index in [-0.39, 0.29) is 22.7 Å². The molecule has 0 aliphatic heterocycles. The van der Waals surface area contributed by atoms with Gasteiger partial charge >= 0.3 is 10.3 Å². The molecule has 4 rings (SSSR count). The number of aryl methyl sites for hydroxylation is 1. The number of hydrogen-bond acceptors (Lipinski definition) is 4. The third-order valence-electron chi connectivity index (χ3n) is 7.26. The van der Waals surface area contributed by atoms with Crippen LogP contribution >= 0.6 is 0 Å². The first-order valence-corrected chi connectivity index (χ1v) is 10.8. The minimum atomic E-state index is -4.02. The number of nitrogens with two attached hydrogens (primary N) is 1. The fourth-order valence-electron chi connectivity index (χ4n) is 6.21. The molecule has 0 aromatic heterocycles. The summed E-state index contributed by atoms with van der Waals surface area (Å²) in [6.45, 7) is 6.52. The van der Waals surface area contributed by atoms with Gasteiger partial charge in [0.25, 0.3) is 0 Å². The van der Waals surface area contributed by atoms with Gasteiger partial charge in [-0.25, -0.2) is 0 Å². The van der Waals surface area contributed by atoms with E-state index >= 15 is 0 Å². The number of hydrogen-bond donors (Lipinski definition) is 2. The predicted octanol–water partition coefficient (Wildman–Crippen LogP) is 2.83. The summed E-state index contributed by atoms with van der Waals surface area (Å²) in [5.74, 6) is 1.23. The summed E-state index contributed by atoms with van der Waals surface area (Å²) < 4.78 is 27.3. The first kappa shape index (κ1) is 18.0. The second-order valence-corrected chi connectivity index (χ2v) is 9.79. The summed E-state index contributed by atoms with van der Waals surface area (Å²) in [5, 5.41) is 15.3. The Morgan fingerprint density at radius 1 is 1.35 bits per heavy atom. The smallest absolute Gasteiger partial charge is 0.380 e. The van der Waals surface area contributed by atoms with Gasteiger partial charge in [0.1, 0.15) is 5.75 Å². The van der Waals surface area contributed by atoms with Crippen molar-refractivity contribution in [3.05, 3.63) is 42.0 Å².